The molecule has 0 aliphatic rings. The molecule has 6 nitrogen and oxygen atoms in total. The summed E-state index contributed by atoms with van der Waals surface area (Å²) in [4.78, 5) is 3.85. The van der Waals surface area contributed by atoms with Crippen molar-refractivity contribution >= 4 is 71.1 Å². The number of para-hydroxylation sites is 6. The Morgan fingerprint density at radius 1 is 0.304 bits per heavy atom. The van der Waals surface area contributed by atoms with Crippen molar-refractivity contribution < 1.29 is 0 Å². The highest BCUT2D eigenvalue weighted by Crippen LogP contribution is 2.55. The van der Waals surface area contributed by atoms with Gasteiger partial charge in [0.15, 0.2) is 5.69 Å². The predicted molar refractivity (Wildman–Crippen MR) is 281 cm³/mol. The molecular formula is C63H36N6. The van der Waals surface area contributed by atoms with Crippen molar-refractivity contribution in [3.8, 4) is 62.6 Å². The molecule has 0 saturated carbocycles. The average Bonchev–Trinajstić information content (AvgIpc) is 4.06. The number of hydrogen-bond acceptors (Lipinski definition) is 2. The summed E-state index contributed by atoms with van der Waals surface area (Å²) in [6.45, 7) is 8.04. The van der Waals surface area contributed by atoms with Crippen LogP contribution in [0.5, 0.6) is 0 Å². The second kappa shape index (κ2) is 15.6. The molecule has 0 aliphatic heterocycles. The lowest BCUT2D eigenvalue weighted by atomic mass is 9.83. The van der Waals surface area contributed by atoms with Crippen molar-refractivity contribution in [1.82, 2.24) is 13.7 Å². The summed E-state index contributed by atoms with van der Waals surface area (Å²) < 4.78 is 7.37. The van der Waals surface area contributed by atoms with Gasteiger partial charge < -0.3 is 13.7 Å². The Hall–Kier alpha value is -9.93. The molecule has 0 bridgehead atoms. The summed E-state index contributed by atoms with van der Waals surface area (Å²) in [5.41, 5.74) is 16.1. The van der Waals surface area contributed by atoms with Gasteiger partial charge in [0.05, 0.1) is 80.0 Å². The Labute approximate surface area is 397 Å². The van der Waals surface area contributed by atoms with Crippen molar-refractivity contribution in [2.24, 2.45) is 0 Å². The van der Waals surface area contributed by atoms with Crippen molar-refractivity contribution in [3.05, 3.63) is 241 Å². The Bertz CT molecular complexity index is 4020. The van der Waals surface area contributed by atoms with Crippen LogP contribution in [0.1, 0.15) is 11.1 Å². The number of benzene rings is 10. The van der Waals surface area contributed by atoms with Crippen LogP contribution in [-0.2, 0) is 0 Å². The summed E-state index contributed by atoms with van der Waals surface area (Å²) in [7, 11) is 0. The molecule has 0 spiro atoms. The normalized spacial score (nSPS) is 11.4. The second-order valence-electron chi connectivity index (χ2n) is 17.3. The maximum atomic E-state index is 10.2. The molecule has 3 heterocycles. The topological polar surface area (TPSA) is 66.7 Å². The number of nitrogens with zero attached hydrogens (tertiary/aromatic N) is 6. The lowest BCUT2D eigenvalue weighted by molar-refractivity contribution is 1.05. The summed E-state index contributed by atoms with van der Waals surface area (Å²) in [5, 5.41) is 27.1. The molecule has 318 valence electrons. The molecule has 0 unspecified atom stereocenters. The van der Waals surface area contributed by atoms with E-state index in [-0.39, 0.29) is 0 Å². The van der Waals surface area contributed by atoms with E-state index in [0.29, 0.717) is 16.8 Å². The third-order valence-electron chi connectivity index (χ3n) is 13.7. The van der Waals surface area contributed by atoms with Gasteiger partial charge in [-0.25, -0.2) is 4.85 Å². The first-order chi connectivity index (χ1) is 34.1. The van der Waals surface area contributed by atoms with E-state index in [9.17, 15) is 10.5 Å². The van der Waals surface area contributed by atoms with Gasteiger partial charge in [0.1, 0.15) is 0 Å². The summed E-state index contributed by atoms with van der Waals surface area (Å²) in [6.07, 6.45) is 0. The van der Waals surface area contributed by atoms with Gasteiger partial charge in [0.2, 0.25) is 0 Å². The molecule has 3 aromatic heterocycles. The van der Waals surface area contributed by atoms with Crippen molar-refractivity contribution in [2.75, 3.05) is 0 Å². The first kappa shape index (κ1) is 39.4. The van der Waals surface area contributed by atoms with E-state index < -0.39 is 0 Å². The Morgan fingerprint density at radius 2 is 0.565 bits per heavy atom. The third kappa shape index (κ3) is 5.89. The Morgan fingerprint density at radius 3 is 0.855 bits per heavy atom. The van der Waals surface area contributed by atoms with Crippen LogP contribution in [-0.4, -0.2) is 13.7 Å². The molecule has 0 atom stereocenters. The monoisotopic (exact) mass is 876 g/mol. The van der Waals surface area contributed by atoms with Crippen LogP contribution in [0.4, 0.5) is 5.69 Å². The fraction of sp³-hybridized carbons (Fsp3) is 0. The van der Waals surface area contributed by atoms with E-state index in [2.05, 4.69) is 213 Å². The van der Waals surface area contributed by atoms with Gasteiger partial charge in [0, 0.05) is 49.0 Å². The fourth-order valence-electron chi connectivity index (χ4n) is 10.8. The first-order valence-electron chi connectivity index (χ1n) is 22.8. The Balaban J connectivity index is 1.42. The van der Waals surface area contributed by atoms with Crippen LogP contribution in [0.25, 0.3) is 121 Å². The molecule has 10 aromatic carbocycles. The SMILES string of the molecule is [C-]#[N+]c1ccc(-c2c(-c3ccc(C#N)cc3)c(-c3ccc(C#N)cc3)c(-n3c4ccccc4c4ccccc43)c(-n3c4ccccc4c4ccccc43)c2-n2c3ccccc3c3ccccc32)cc1. The minimum atomic E-state index is 0.536. The molecule has 0 saturated heterocycles. The highest BCUT2D eigenvalue weighted by Gasteiger charge is 2.34. The quantitative estimate of drug-likeness (QED) is 0.156. The van der Waals surface area contributed by atoms with Crippen LogP contribution in [0.15, 0.2) is 218 Å². The zero-order valence-corrected chi connectivity index (χ0v) is 37.0. The highest BCUT2D eigenvalue weighted by atomic mass is 15.1. The van der Waals surface area contributed by atoms with E-state index in [1.807, 2.05) is 36.4 Å². The molecule has 69 heavy (non-hydrogen) atoms. The summed E-state index contributed by atoms with van der Waals surface area (Å²) in [5.74, 6) is 0. The molecular weight excluding hydrogens is 841 g/mol. The molecule has 6 heteroatoms. The van der Waals surface area contributed by atoms with Crippen LogP contribution in [0.2, 0.25) is 0 Å². The number of aromatic nitrogens is 3. The molecule has 0 aliphatic carbocycles. The minimum Gasteiger partial charge on any atom is -0.306 e. The zero-order chi connectivity index (χ0) is 46.2. The van der Waals surface area contributed by atoms with Gasteiger partial charge in [-0.2, -0.15) is 10.5 Å². The fourth-order valence-corrected chi connectivity index (χ4v) is 10.8. The molecule has 13 rings (SSSR count). The summed E-state index contributed by atoms with van der Waals surface area (Å²) >= 11 is 0. The maximum Gasteiger partial charge on any atom is 0.187 e. The van der Waals surface area contributed by atoms with Gasteiger partial charge in [-0.15, -0.1) is 0 Å². The van der Waals surface area contributed by atoms with E-state index in [1.165, 1.54) is 0 Å². The first-order valence-corrected chi connectivity index (χ1v) is 22.8. The highest BCUT2D eigenvalue weighted by molar-refractivity contribution is 6.18. The Kier molecular flexibility index (Phi) is 8.92. The lowest BCUT2D eigenvalue weighted by Gasteiger charge is -2.31. The molecule has 0 fully saturated rings. The minimum absolute atomic E-state index is 0.536. The van der Waals surface area contributed by atoms with Crippen LogP contribution < -0.4 is 0 Å². The zero-order valence-electron chi connectivity index (χ0n) is 37.0. The molecule has 0 amide bonds. The smallest absolute Gasteiger partial charge is 0.187 e. The number of fused-ring (bicyclic) bond motifs is 9. The van der Waals surface area contributed by atoms with E-state index in [1.54, 1.807) is 0 Å². The maximum absolute atomic E-state index is 10.2. The lowest BCUT2D eigenvalue weighted by Crippen LogP contribution is -2.14. The van der Waals surface area contributed by atoms with E-state index in [4.69, 9.17) is 6.57 Å². The van der Waals surface area contributed by atoms with Gasteiger partial charge in [-0.3, -0.25) is 0 Å². The predicted octanol–water partition coefficient (Wildman–Crippen LogP) is 16.3. The van der Waals surface area contributed by atoms with Crippen LogP contribution in [0, 0.1) is 29.2 Å². The van der Waals surface area contributed by atoms with Crippen molar-refractivity contribution in [3.63, 3.8) is 0 Å². The van der Waals surface area contributed by atoms with Crippen molar-refractivity contribution in [2.45, 2.75) is 0 Å². The van der Waals surface area contributed by atoms with Gasteiger partial charge in [0.25, 0.3) is 0 Å². The molecule has 0 N–H and O–H groups in total. The standard InChI is InChI=1S/C63H36N6/c1-66-45-36-34-44(35-37-45)60-58(42-30-26-40(38-64)27-31-42)59(43-32-28-41(39-65)29-33-43)61(67-52-20-8-2-14-46(52)47-15-3-9-21-53(47)67)63(69-56-24-12-6-18-50(56)51-19-7-13-25-57(51)69)62(60)68-54-22-10-4-16-48(54)49-17-5-11-23-55(49)68/h2-37H. The molecule has 0 radical (unpaired) electrons. The number of rotatable bonds is 6. The number of hydrogen-bond donors (Lipinski definition) is 0. The number of nitriles is 2. The summed E-state index contributed by atoms with van der Waals surface area (Å²) in [6, 6.07) is 80.5. The third-order valence-corrected chi connectivity index (χ3v) is 13.7. The van der Waals surface area contributed by atoms with Gasteiger partial charge in [-0.1, -0.05) is 158 Å². The molecule has 13 aromatic rings. The van der Waals surface area contributed by atoms with Gasteiger partial charge in [-0.05, 0) is 77.4 Å². The van der Waals surface area contributed by atoms with Crippen LogP contribution >= 0.6 is 0 Å². The van der Waals surface area contributed by atoms with Crippen LogP contribution in [0.3, 0.4) is 0 Å². The largest absolute Gasteiger partial charge is 0.306 e. The second-order valence-corrected chi connectivity index (χ2v) is 17.3. The van der Waals surface area contributed by atoms with Crippen molar-refractivity contribution in [1.29, 1.82) is 10.5 Å². The van der Waals surface area contributed by atoms with Gasteiger partial charge >= 0.3 is 0 Å². The van der Waals surface area contributed by atoms with E-state index in [0.717, 1.165) is 116 Å². The van der Waals surface area contributed by atoms with E-state index >= 15 is 0 Å². The average molecular weight is 877 g/mol.